The number of imidazole rings is 1. The second kappa shape index (κ2) is 9.97. The van der Waals surface area contributed by atoms with Crippen LogP contribution in [0.15, 0.2) is 78.9 Å². The van der Waals surface area contributed by atoms with E-state index in [9.17, 15) is 0 Å². The van der Waals surface area contributed by atoms with Crippen LogP contribution in [-0.2, 0) is 6.54 Å². The Kier molecular flexibility index (Phi) is 6.44. The predicted molar refractivity (Wildman–Crippen MR) is 139 cm³/mol. The summed E-state index contributed by atoms with van der Waals surface area (Å²) in [6, 6.07) is 26.5. The van der Waals surface area contributed by atoms with Gasteiger partial charge in [0.2, 0.25) is 5.75 Å². The zero-order chi connectivity index (χ0) is 24.2. The summed E-state index contributed by atoms with van der Waals surface area (Å²) in [7, 11) is 4.84. The van der Waals surface area contributed by atoms with Crippen LogP contribution in [0.4, 0.5) is 0 Å². The Balaban J connectivity index is 1.44. The third-order valence-electron chi connectivity index (χ3n) is 6.11. The van der Waals surface area contributed by atoms with Crippen molar-refractivity contribution in [3.8, 4) is 34.4 Å². The first-order valence-corrected chi connectivity index (χ1v) is 11.6. The van der Waals surface area contributed by atoms with Crippen LogP contribution in [0.3, 0.4) is 0 Å². The number of hydrogen-bond acceptors (Lipinski definition) is 5. The number of nitrogens with zero attached hydrogens (tertiary/aromatic N) is 2. The van der Waals surface area contributed by atoms with E-state index in [2.05, 4.69) is 28.8 Å². The highest BCUT2D eigenvalue weighted by Crippen LogP contribution is 2.41. The maximum atomic E-state index is 6.19. The Labute approximate surface area is 204 Å². The topological polar surface area (TPSA) is 54.7 Å². The molecular weight excluding hydrogens is 440 g/mol. The van der Waals surface area contributed by atoms with Crippen molar-refractivity contribution in [2.75, 3.05) is 27.9 Å². The molecule has 0 radical (unpaired) electrons. The fourth-order valence-electron chi connectivity index (χ4n) is 4.46. The van der Waals surface area contributed by atoms with E-state index in [1.807, 2.05) is 54.6 Å². The highest BCUT2D eigenvalue weighted by atomic mass is 16.5. The summed E-state index contributed by atoms with van der Waals surface area (Å²) in [6.07, 6.45) is 0.820. The van der Waals surface area contributed by atoms with Gasteiger partial charge in [-0.3, -0.25) is 0 Å². The van der Waals surface area contributed by atoms with Crippen LogP contribution in [-0.4, -0.2) is 37.5 Å². The van der Waals surface area contributed by atoms with Gasteiger partial charge in [0.15, 0.2) is 11.5 Å². The van der Waals surface area contributed by atoms with Crippen molar-refractivity contribution >= 4 is 21.8 Å². The van der Waals surface area contributed by atoms with Crippen molar-refractivity contribution in [3.05, 3.63) is 78.9 Å². The van der Waals surface area contributed by atoms with Crippen LogP contribution in [0, 0.1) is 0 Å². The molecule has 5 aromatic rings. The quantitative estimate of drug-likeness (QED) is 0.236. The van der Waals surface area contributed by atoms with E-state index in [4.69, 9.17) is 23.9 Å². The van der Waals surface area contributed by atoms with E-state index in [1.165, 1.54) is 5.39 Å². The summed E-state index contributed by atoms with van der Waals surface area (Å²) < 4.78 is 25.1. The normalized spacial score (nSPS) is 11.1. The third kappa shape index (κ3) is 4.35. The summed E-state index contributed by atoms with van der Waals surface area (Å²) >= 11 is 0. The lowest BCUT2D eigenvalue weighted by Crippen LogP contribution is -2.06. The average molecular weight is 469 g/mol. The Bertz CT molecular complexity index is 1440. The molecule has 0 saturated heterocycles. The van der Waals surface area contributed by atoms with Crippen LogP contribution in [0.1, 0.15) is 6.42 Å². The molecule has 0 atom stereocenters. The number of rotatable bonds is 9. The zero-order valence-electron chi connectivity index (χ0n) is 20.2. The van der Waals surface area contributed by atoms with E-state index in [-0.39, 0.29) is 0 Å². The summed E-state index contributed by atoms with van der Waals surface area (Å²) in [5.74, 6) is 3.50. The van der Waals surface area contributed by atoms with Gasteiger partial charge in [-0.05, 0) is 42.1 Å². The fraction of sp³-hybridized carbons (Fsp3) is 0.207. The first-order valence-electron chi connectivity index (χ1n) is 11.6. The van der Waals surface area contributed by atoms with Gasteiger partial charge in [0.1, 0.15) is 11.6 Å². The average Bonchev–Trinajstić information content (AvgIpc) is 3.28. The number of aromatic nitrogens is 2. The number of para-hydroxylation sites is 2. The molecule has 0 saturated carbocycles. The van der Waals surface area contributed by atoms with E-state index >= 15 is 0 Å². The molecule has 6 nitrogen and oxygen atoms in total. The molecule has 0 N–H and O–H groups in total. The summed E-state index contributed by atoms with van der Waals surface area (Å²) in [5, 5.41) is 2.30. The fourth-order valence-corrected chi connectivity index (χ4v) is 4.46. The summed E-state index contributed by atoms with van der Waals surface area (Å²) in [4.78, 5) is 4.94. The van der Waals surface area contributed by atoms with Gasteiger partial charge in [0, 0.05) is 17.5 Å². The van der Waals surface area contributed by atoms with Crippen LogP contribution in [0.5, 0.6) is 23.0 Å². The van der Waals surface area contributed by atoms with E-state index in [1.54, 1.807) is 21.3 Å². The van der Waals surface area contributed by atoms with Crippen molar-refractivity contribution in [1.29, 1.82) is 0 Å². The molecule has 0 aliphatic rings. The van der Waals surface area contributed by atoms with Gasteiger partial charge in [-0.1, -0.05) is 48.5 Å². The molecule has 35 heavy (non-hydrogen) atoms. The van der Waals surface area contributed by atoms with Crippen molar-refractivity contribution < 1.29 is 18.9 Å². The lowest BCUT2D eigenvalue weighted by molar-refractivity contribution is 0.306. The lowest BCUT2D eigenvalue weighted by Gasteiger charge is -2.15. The Hall–Kier alpha value is -4.19. The third-order valence-corrected chi connectivity index (χ3v) is 6.11. The Morgan fingerprint density at radius 2 is 1.46 bits per heavy atom. The summed E-state index contributed by atoms with van der Waals surface area (Å²) in [6.45, 7) is 1.34. The molecule has 0 aliphatic carbocycles. The number of ether oxygens (including phenoxy) is 4. The van der Waals surface area contributed by atoms with Crippen molar-refractivity contribution in [2.45, 2.75) is 13.0 Å². The molecule has 1 heterocycles. The smallest absolute Gasteiger partial charge is 0.203 e. The number of hydrogen-bond donors (Lipinski definition) is 0. The van der Waals surface area contributed by atoms with Gasteiger partial charge >= 0.3 is 0 Å². The molecule has 6 heteroatoms. The predicted octanol–water partition coefficient (Wildman–Crippen LogP) is 6.35. The maximum absolute atomic E-state index is 6.19. The molecule has 0 unspecified atom stereocenters. The highest BCUT2D eigenvalue weighted by Gasteiger charge is 2.18. The maximum Gasteiger partial charge on any atom is 0.203 e. The Morgan fingerprint density at radius 1 is 0.743 bits per heavy atom. The number of benzene rings is 4. The Morgan fingerprint density at radius 3 is 2.23 bits per heavy atom. The van der Waals surface area contributed by atoms with Gasteiger partial charge < -0.3 is 23.5 Å². The van der Waals surface area contributed by atoms with Gasteiger partial charge in [-0.25, -0.2) is 4.98 Å². The van der Waals surface area contributed by atoms with Crippen LogP contribution in [0.2, 0.25) is 0 Å². The largest absolute Gasteiger partial charge is 0.493 e. The minimum atomic E-state index is 0.560. The number of methoxy groups -OCH3 is 3. The van der Waals surface area contributed by atoms with E-state index in [0.29, 0.717) is 23.9 Å². The van der Waals surface area contributed by atoms with Crippen LogP contribution >= 0.6 is 0 Å². The molecule has 0 bridgehead atoms. The first-order chi connectivity index (χ1) is 17.2. The number of aryl methyl sites for hydroxylation is 1. The molecule has 5 rings (SSSR count). The van der Waals surface area contributed by atoms with Crippen molar-refractivity contribution in [1.82, 2.24) is 9.55 Å². The van der Waals surface area contributed by atoms with E-state index < -0.39 is 0 Å². The van der Waals surface area contributed by atoms with E-state index in [0.717, 1.165) is 46.5 Å². The molecule has 0 spiro atoms. The van der Waals surface area contributed by atoms with Crippen LogP contribution in [0.25, 0.3) is 33.2 Å². The standard InChI is InChI=1S/C29H28N2O4/c1-32-26-18-21(19-27(33-2)28(26)34-3)29-30-23-13-6-7-14-24(23)31(29)16-9-17-35-25-15-8-11-20-10-4-5-12-22(20)25/h4-8,10-15,18-19H,9,16-17H2,1-3H3. The zero-order valence-corrected chi connectivity index (χ0v) is 20.2. The van der Waals surface area contributed by atoms with Gasteiger partial charge in [0.25, 0.3) is 0 Å². The van der Waals surface area contributed by atoms with Gasteiger partial charge in [0.05, 0.1) is 39.0 Å². The molecule has 0 amide bonds. The van der Waals surface area contributed by atoms with Gasteiger partial charge in [-0.2, -0.15) is 0 Å². The molecule has 4 aromatic carbocycles. The number of fused-ring (bicyclic) bond motifs is 2. The second-order valence-corrected chi connectivity index (χ2v) is 8.17. The molecule has 1 aromatic heterocycles. The monoisotopic (exact) mass is 468 g/mol. The summed E-state index contributed by atoms with van der Waals surface area (Å²) in [5.41, 5.74) is 2.90. The van der Waals surface area contributed by atoms with Crippen molar-refractivity contribution in [2.24, 2.45) is 0 Å². The lowest BCUT2D eigenvalue weighted by atomic mass is 10.1. The molecule has 0 fully saturated rings. The molecule has 0 aliphatic heterocycles. The molecule has 178 valence electrons. The second-order valence-electron chi connectivity index (χ2n) is 8.17. The highest BCUT2D eigenvalue weighted by molar-refractivity contribution is 5.88. The minimum Gasteiger partial charge on any atom is -0.493 e. The SMILES string of the molecule is COc1cc(-c2nc3ccccc3n2CCCOc2cccc3ccccc23)cc(OC)c1OC. The first kappa shape index (κ1) is 22.6. The van der Waals surface area contributed by atoms with Crippen LogP contribution < -0.4 is 18.9 Å². The minimum absolute atomic E-state index is 0.560. The molecular formula is C29H28N2O4. The van der Waals surface area contributed by atoms with Crippen molar-refractivity contribution in [3.63, 3.8) is 0 Å². The van der Waals surface area contributed by atoms with Gasteiger partial charge in [-0.15, -0.1) is 0 Å².